The van der Waals surface area contributed by atoms with E-state index in [4.69, 9.17) is 0 Å². The number of nitrogens with one attached hydrogen (secondary N) is 2. The van der Waals surface area contributed by atoms with Gasteiger partial charge in [-0.1, -0.05) is 0 Å². The van der Waals surface area contributed by atoms with E-state index in [1.807, 2.05) is 0 Å². The molecule has 0 saturated carbocycles. The topological polar surface area (TPSA) is 175 Å². The molecule has 0 aliphatic heterocycles. The maximum atomic E-state index is 12.4. The average Bonchev–Trinajstić information content (AvgIpc) is 3.03. The molecule has 0 bridgehead atoms. The molecule has 25 heavy (non-hydrogen) atoms. The quantitative estimate of drug-likeness (QED) is 0.421. The van der Waals surface area contributed by atoms with E-state index in [2.05, 4.69) is 15.1 Å². The van der Waals surface area contributed by atoms with Crippen LogP contribution in [0.25, 0.3) is 16.6 Å². The van der Waals surface area contributed by atoms with Crippen LogP contribution in [-0.2, 0) is 10.0 Å². The SMILES string of the molecule is CS(=O)(=O)Nn1c(=O)[nH]c2cc([N+](=O)[O-])c(-n3cncn3)cc2c1=O. The highest BCUT2D eigenvalue weighted by Crippen LogP contribution is 2.25. The fourth-order valence-electron chi connectivity index (χ4n) is 2.15. The third kappa shape index (κ3) is 2.97. The Kier molecular flexibility index (Phi) is 3.60. The van der Waals surface area contributed by atoms with E-state index in [0.717, 1.165) is 29.4 Å². The van der Waals surface area contributed by atoms with Crippen molar-refractivity contribution in [1.29, 1.82) is 0 Å². The molecule has 1 aromatic carbocycles. The van der Waals surface area contributed by atoms with Crippen LogP contribution in [0.2, 0.25) is 0 Å². The lowest BCUT2D eigenvalue weighted by atomic mass is 10.2. The Morgan fingerprint density at radius 1 is 1.32 bits per heavy atom. The summed E-state index contributed by atoms with van der Waals surface area (Å²) in [5.41, 5.74) is -2.73. The van der Waals surface area contributed by atoms with Gasteiger partial charge in [0.25, 0.3) is 11.2 Å². The molecule has 0 saturated heterocycles. The van der Waals surface area contributed by atoms with Gasteiger partial charge in [-0.3, -0.25) is 14.9 Å². The normalized spacial score (nSPS) is 11.6. The minimum Gasteiger partial charge on any atom is -0.305 e. The highest BCUT2D eigenvalue weighted by Gasteiger charge is 2.21. The van der Waals surface area contributed by atoms with Crippen LogP contribution in [0.1, 0.15) is 0 Å². The summed E-state index contributed by atoms with van der Waals surface area (Å²) in [6, 6.07) is 2.10. The number of aromatic nitrogens is 5. The van der Waals surface area contributed by atoms with Gasteiger partial charge in [-0.2, -0.15) is 9.77 Å². The van der Waals surface area contributed by atoms with Gasteiger partial charge in [-0.15, -0.1) is 0 Å². The number of nitro groups is 1. The molecule has 0 amide bonds. The molecular weight excluding hydrogens is 358 g/mol. The first-order chi connectivity index (χ1) is 11.7. The average molecular weight is 367 g/mol. The number of nitrogens with zero attached hydrogens (tertiary/aromatic N) is 5. The first-order valence-corrected chi connectivity index (χ1v) is 8.37. The summed E-state index contributed by atoms with van der Waals surface area (Å²) >= 11 is 0. The summed E-state index contributed by atoms with van der Waals surface area (Å²) < 4.78 is 23.9. The van der Waals surface area contributed by atoms with E-state index in [1.165, 1.54) is 6.33 Å². The standard InChI is InChI=1S/C11H9N7O6S/c1-25(23,24)15-17-10(19)6-2-8(16-5-12-4-13-16)9(18(21)22)3-7(6)14-11(17)20/h2-5,15H,1H3,(H,14,20). The zero-order valence-corrected chi connectivity index (χ0v) is 13.2. The Morgan fingerprint density at radius 2 is 2.04 bits per heavy atom. The van der Waals surface area contributed by atoms with Crippen molar-refractivity contribution in [3.63, 3.8) is 0 Å². The number of aromatic amines is 1. The molecular formula is C11H9N7O6S. The molecule has 2 N–H and O–H groups in total. The van der Waals surface area contributed by atoms with Crippen molar-refractivity contribution in [3.05, 3.63) is 55.7 Å². The zero-order valence-electron chi connectivity index (χ0n) is 12.4. The van der Waals surface area contributed by atoms with Crippen LogP contribution in [0.5, 0.6) is 0 Å². The third-order valence-electron chi connectivity index (χ3n) is 3.11. The molecule has 0 aliphatic rings. The van der Waals surface area contributed by atoms with Gasteiger partial charge < -0.3 is 4.98 Å². The number of rotatable bonds is 4. The second-order valence-corrected chi connectivity index (χ2v) is 6.64. The summed E-state index contributed by atoms with van der Waals surface area (Å²) in [5.74, 6) is 0. The Bertz CT molecular complexity index is 1210. The third-order valence-corrected chi connectivity index (χ3v) is 3.63. The maximum absolute atomic E-state index is 12.4. The zero-order chi connectivity index (χ0) is 18.4. The van der Waals surface area contributed by atoms with E-state index in [9.17, 15) is 28.1 Å². The predicted molar refractivity (Wildman–Crippen MR) is 84.6 cm³/mol. The van der Waals surface area contributed by atoms with Gasteiger partial charge >= 0.3 is 5.69 Å². The number of hydrogen-bond acceptors (Lipinski definition) is 8. The van der Waals surface area contributed by atoms with Crippen LogP contribution in [0.3, 0.4) is 0 Å². The molecule has 13 nitrogen and oxygen atoms in total. The molecule has 14 heteroatoms. The fourth-order valence-corrected chi connectivity index (χ4v) is 2.65. The van der Waals surface area contributed by atoms with E-state index in [0.29, 0.717) is 0 Å². The molecule has 0 spiro atoms. The van der Waals surface area contributed by atoms with Crippen molar-refractivity contribution < 1.29 is 13.3 Å². The minimum atomic E-state index is -3.91. The monoisotopic (exact) mass is 367 g/mol. The van der Waals surface area contributed by atoms with Gasteiger partial charge in [0, 0.05) is 6.07 Å². The number of nitro benzene ring substituents is 1. The van der Waals surface area contributed by atoms with Crippen molar-refractivity contribution in [2.45, 2.75) is 0 Å². The number of hydrogen-bond donors (Lipinski definition) is 2. The highest BCUT2D eigenvalue weighted by atomic mass is 32.2. The van der Waals surface area contributed by atoms with Gasteiger partial charge in [0.2, 0.25) is 10.0 Å². The van der Waals surface area contributed by atoms with Gasteiger partial charge in [0.15, 0.2) is 0 Å². The van der Waals surface area contributed by atoms with Crippen LogP contribution in [-0.4, -0.2) is 44.0 Å². The van der Waals surface area contributed by atoms with Crippen LogP contribution >= 0.6 is 0 Å². The summed E-state index contributed by atoms with van der Waals surface area (Å²) in [6.07, 6.45) is 3.09. The minimum absolute atomic E-state index is 0.0787. The molecule has 0 radical (unpaired) electrons. The highest BCUT2D eigenvalue weighted by molar-refractivity contribution is 7.91. The fraction of sp³-hybridized carbons (Fsp3) is 0.0909. The molecule has 2 heterocycles. The molecule has 2 aromatic heterocycles. The van der Waals surface area contributed by atoms with Crippen LogP contribution < -0.4 is 16.1 Å². The van der Waals surface area contributed by atoms with E-state index < -0.39 is 31.9 Å². The summed E-state index contributed by atoms with van der Waals surface area (Å²) in [7, 11) is -3.91. The van der Waals surface area contributed by atoms with Gasteiger partial charge in [-0.05, 0) is 6.07 Å². The largest absolute Gasteiger partial charge is 0.348 e. The summed E-state index contributed by atoms with van der Waals surface area (Å²) in [5, 5.41) is 14.9. The second kappa shape index (κ2) is 5.52. The molecule has 3 rings (SSSR count). The number of sulfonamides is 1. The first kappa shape index (κ1) is 16.3. The number of fused-ring (bicyclic) bond motifs is 1. The summed E-state index contributed by atoms with van der Waals surface area (Å²) in [4.78, 5) is 42.6. The van der Waals surface area contributed by atoms with Crippen LogP contribution in [0, 0.1) is 10.1 Å². The van der Waals surface area contributed by atoms with E-state index in [1.54, 1.807) is 4.83 Å². The number of benzene rings is 1. The van der Waals surface area contributed by atoms with E-state index in [-0.39, 0.29) is 21.3 Å². The Labute approximate surface area is 137 Å². The van der Waals surface area contributed by atoms with Gasteiger partial charge in [-0.25, -0.2) is 27.7 Å². The van der Waals surface area contributed by atoms with Crippen molar-refractivity contribution in [1.82, 2.24) is 24.4 Å². The van der Waals surface area contributed by atoms with Crippen LogP contribution in [0.15, 0.2) is 34.4 Å². The first-order valence-electron chi connectivity index (χ1n) is 6.47. The molecule has 130 valence electrons. The lowest BCUT2D eigenvalue weighted by Crippen LogP contribution is -2.43. The predicted octanol–water partition coefficient (Wildman–Crippen LogP) is -1.32. The summed E-state index contributed by atoms with van der Waals surface area (Å²) in [6.45, 7) is 0. The van der Waals surface area contributed by atoms with Crippen LogP contribution in [0.4, 0.5) is 5.69 Å². The lowest BCUT2D eigenvalue weighted by Gasteiger charge is -2.09. The molecule has 0 unspecified atom stereocenters. The van der Waals surface area contributed by atoms with Crippen molar-refractivity contribution >= 4 is 26.6 Å². The molecule has 0 atom stereocenters. The molecule has 3 aromatic rings. The lowest BCUT2D eigenvalue weighted by molar-refractivity contribution is -0.384. The smallest absolute Gasteiger partial charge is 0.305 e. The molecule has 0 aliphatic carbocycles. The maximum Gasteiger partial charge on any atom is 0.348 e. The van der Waals surface area contributed by atoms with Crippen molar-refractivity contribution in [2.24, 2.45) is 0 Å². The molecule has 0 fully saturated rings. The Balaban J connectivity index is 2.39. The van der Waals surface area contributed by atoms with Gasteiger partial charge in [0.1, 0.15) is 18.3 Å². The van der Waals surface area contributed by atoms with Crippen molar-refractivity contribution in [2.75, 3.05) is 11.1 Å². The second-order valence-electron chi connectivity index (χ2n) is 4.92. The van der Waals surface area contributed by atoms with Crippen molar-refractivity contribution in [3.8, 4) is 5.69 Å². The van der Waals surface area contributed by atoms with Gasteiger partial charge in [0.05, 0.1) is 22.1 Å². The van der Waals surface area contributed by atoms with E-state index >= 15 is 0 Å². The Morgan fingerprint density at radius 3 is 2.60 bits per heavy atom. The number of H-pyrrole nitrogens is 1. The Hall–Kier alpha value is -3.55.